The van der Waals surface area contributed by atoms with Crippen LogP contribution in [-0.2, 0) is 9.53 Å². The molecule has 0 aromatic carbocycles. The second-order valence-corrected chi connectivity index (χ2v) is 6.31. The number of methoxy groups -OCH3 is 1. The summed E-state index contributed by atoms with van der Waals surface area (Å²) < 4.78 is 6.63. The van der Waals surface area contributed by atoms with E-state index in [1.807, 2.05) is 25.5 Å². The second kappa shape index (κ2) is 9.72. The highest BCUT2D eigenvalue weighted by atomic mass is 35.5. The van der Waals surface area contributed by atoms with Gasteiger partial charge in [0.2, 0.25) is 0 Å². The van der Waals surface area contributed by atoms with Crippen LogP contribution in [0.3, 0.4) is 0 Å². The molecule has 9 heteroatoms. The highest BCUT2D eigenvalue weighted by molar-refractivity contribution is 5.96. The molecule has 1 aromatic rings. The van der Waals surface area contributed by atoms with Crippen LogP contribution in [0.25, 0.3) is 0 Å². The Labute approximate surface area is 154 Å². The molecular weight excluding hydrogens is 346 g/mol. The minimum Gasteiger partial charge on any atom is -0.467 e. The molecule has 0 spiro atoms. The average molecular weight is 374 g/mol. The number of hydrogen-bond acceptors (Lipinski definition) is 6. The van der Waals surface area contributed by atoms with Crippen molar-refractivity contribution < 1.29 is 14.3 Å². The van der Waals surface area contributed by atoms with Crippen molar-refractivity contribution in [1.29, 1.82) is 0 Å². The molecule has 1 aromatic heterocycles. The van der Waals surface area contributed by atoms with Gasteiger partial charge < -0.3 is 15.4 Å². The summed E-state index contributed by atoms with van der Waals surface area (Å²) >= 11 is 0. The van der Waals surface area contributed by atoms with Gasteiger partial charge in [0.25, 0.3) is 5.91 Å². The normalized spacial score (nSPS) is 17.3. The first-order valence-corrected chi connectivity index (χ1v) is 8.50. The Morgan fingerprint density at radius 2 is 2.04 bits per heavy atom. The summed E-state index contributed by atoms with van der Waals surface area (Å²) in [6, 6.07) is -0.429. The van der Waals surface area contributed by atoms with Crippen LogP contribution in [0, 0.1) is 12.8 Å². The number of esters is 1. The number of aromatic nitrogens is 3. The van der Waals surface area contributed by atoms with E-state index in [0.29, 0.717) is 0 Å². The van der Waals surface area contributed by atoms with E-state index < -0.39 is 12.0 Å². The molecule has 2 N–H and O–H groups in total. The predicted octanol–water partition coefficient (Wildman–Crippen LogP) is 1.25. The smallest absolute Gasteiger partial charge is 0.328 e. The minimum atomic E-state index is -0.684. The van der Waals surface area contributed by atoms with Gasteiger partial charge in [-0.05, 0) is 38.8 Å². The van der Waals surface area contributed by atoms with Crippen molar-refractivity contribution >= 4 is 24.3 Å². The van der Waals surface area contributed by atoms with Crippen LogP contribution in [0.5, 0.6) is 0 Å². The third-order valence-electron chi connectivity index (χ3n) is 4.75. The number of hydrogen-bond donors (Lipinski definition) is 2. The van der Waals surface area contributed by atoms with Crippen molar-refractivity contribution in [3.63, 3.8) is 0 Å². The Bertz CT molecular complexity index is 586. The maximum Gasteiger partial charge on any atom is 0.328 e. The van der Waals surface area contributed by atoms with Crippen molar-refractivity contribution in [2.24, 2.45) is 5.92 Å². The molecule has 1 saturated heterocycles. The number of piperidine rings is 1. The molecule has 8 nitrogen and oxygen atoms in total. The maximum atomic E-state index is 12.6. The SMILES string of the molecule is CC[C@H](C)[C@H](NC(=O)c1nnn(C2CCNCC2)c1C)C(=O)OC.Cl. The Balaban J connectivity index is 0.00000312. The lowest BCUT2D eigenvalue weighted by Crippen LogP contribution is -2.46. The van der Waals surface area contributed by atoms with Crippen LogP contribution in [0.15, 0.2) is 0 Å². The zero-order valence-electron chi connectivity index (χ0n) is 15.2. The lowest BCUT2D eigenvalue weighted by molar-refractivity contribution is -0.144. The van der Waals surface area contributed by atoms with E-state index in [9.17, 15) is 9.59 Å². The summed E-state index contributed by atoms with van der Waals surface area (Å²) in [6.45, 7) is 7.58. The summed E-state index contributed by atoms with van der Waals surface area (Å²) in [5.41, 5.74) is 0.998. The van der Waals surface area contributed by atoms with Crippen molar-refractivity contribution in [2.45, 2.75) is 52.1 Å². The topological polar surface area (TPSA) is 98.1 Å². The summed E-state index contributed by atoms with van der Waals surface area (Å²) in [4.78, 5) is 24.5. The van der Waals surface area contributed by atoms with E-state index in [2.05, 4.69) is 20.9 Å². The van der Waals surface area contributed by atoms with Gasteiger partial charge in [0.15, 0.2) is 5.69 Å². The van der Waals surface area contributed by atoms with Crippen molar-refractivity contribution in [3.8, 4) is 0 Å². The minimum absolute atomic E-state index is 0. The number of nitrogens with one attached hydrogen (secondary N) is 2. The second-order valence-electron chi connectivity index (χ2n) is 6.31. The van der Waals surface area contributed by atoms with Crippen LogP contribution in [0.2, 0.25) is 0 Å². The highest BCUT2D eigenvalue weighted by Gasteiger charge is 2.29. The van der Waals surface area contributed by atoms with Crippen molar-refractivity contribution in [2.75, 3.05) is 20.2 Å². The fourth-order valence-corrected chi connectivity index (χ4v) is 2.95. The molecule has 25 heavy (non-hydrogen) atoms. The summed E-state index contributed by atoms with van der Waals surface area (Å²) in [7, 11) is 1.32. The lowest BCUT2D eigenvalue weighted by Gasteiger charge is -2.23. The fraction of sp³-hybridized carbons (Fsp3) is 0.750. The molecule has 1 aliphatic rings. The molecule has 1 aliphatic heterocycles. The van der Waals surface area contributed by atoms with Crippen LogP contribution in [0.4, 0.5) is 0 Å². The van der Waals surface area contributed by atoms with Gasteiger partial charge in [-0.25, -0.2) is 9.48 Å². The number of ether oxygens (including phenoxy) is 1. The Morgan fingerprint density at radius 3 is 2.60 bits per heavy atom. The van der Waals surface area contributed by atoms with E-state index in [1.54, 1.807) is 0 Å². The third-order valence-corrected chi connectivity index (χ3v) is 4.75. The van der Waals surface area contributed by atoms with Gasteiger partial charge in [0.1, 0.15) is 6.04 Å². The van der Waals surface area contributed by atoms with E-state index in [0.717, 1.165) is 38.0 Å². The maximum absolute atomic E-state index is 12.6. The molecule has 142 valence electrons. The molecule has 0 radical (unpaired) electrons. The van der Waals surface area contributed by atoms with E-state index in [4.69, 9.17) is 4.74 Å². The fourth-order valence-electron chi connectivity index (χ4n) is 2.95. The zero-order valence-corrected chi connectivity index (χ0v) is 16.1. The molecule has 0 unspecified atom stereocenters. The Morgan fingerprint density at radius 1 is 1.40 bits per heavy atom. The predicted molar refractivity (Wildman–Crippen MR) is 95.9 cm³/mol. The van der Waals surface area contributed by atoms with Gasteiger partial charge in [-0.15, -0.1) is 17.5 Å². The number of amides is 1. The number of nitrogens with zero attached hydrogens (tertiary/aromatic N) is 3. The molecule has 1 amide bonds. The molecular formula is C16H28ClN5O3. The van der Waals surface area contributed by atoms with Gasteiger partial charge in [0, 0.05) is 0 Å². The van der Waals surface area contributed by atoms with Crippen LogP contribution >= 0.6 is 12.4 Å². The molecule has 0 bridgehead atoms. The first kappa shape index (κ1) is 21.4. The van der Waals surface area contributed by atoms with Gasteiger partial charge >= 0.3 is 5.97 Å². The summed E-state index contributed by atoms with van der Waals surface area (Å²) in [5.74, 6) is -0.856. The van der Waals surface area contributed by atoms with Crippen LogP contribution < -0.4 is 10.6 Å². The summed E-state index contributed by atoms with van der Waals surface area (Å²) in [5, 5.41) is 14.3. The zero-order chi connectivity index (χ0) is 17.7. The number of carbonyl (C=O) groups is 2. The van der Waals surface area contributed by atoms with E-state index in [-0.39, 0.29) is 36.0 Å². The largest absolute Gasteiger partial charge is 0.467 e. The highest BCUT2D eigenvalue weighted by Crippen LogP contribution is 2.20. The van der Waals surface area contributed by atoms with Gasteiger partial charge in [-0.1, -0.05) is 25.5 Å². The number of rotatable bonds is 6. The molecule has 0 aliphatic carbocycles. The first-order chi connectivity index (χ1) is 11.5. The molecule has 1 fully saturated rings. The quantitative estimate of drug-likeness (QED) is 0.728. The first-order valence-electron chi connectivity index (χ1n) is 8.50. The van der Waals surface area contributed by atoms with Crippen molar-refractivity contribution in [1.82, 2.24) is 25.6 Å². The Hall–Kier alpha value is -1.67. The molecule has 0 saturated carbocycles. The monoisotopic (exact) mass is 373 g/mol. The van der Waals surface area contributed by atoms with Crippen LogP contribution in [0.1, 0.15) is 55.3 Å². The van der Waals surface area contributed by atoms with Crippen molar-refractivity contribution in [3.05, 3.63) is 11.4 Å². The van der Waals surface area contributed by atoms with Gasteiger partial charge in [-0.2, -0.15) is 0 Å². The third kappa shape index (κ3) is 4.92. The molecule has 2 heterocycles. The summed E-state index contributed by atoms with van der Waals surface area (Å²) in [6.07, 6.45) is 2.67. The van der Waals surface area contributed by atoms with Gasteiger partial charge in [-0.3, -0.25) is 4.79 Å². The van der Waals surface area contributed by atoms with Crippen LogP contribution in [-0.4, -0.2) is 53.1 Å². The lowest BCUT2D eigenvalue weighted by atomic mass is 9.99. The van der Waals surface area contributed by atoms with Gasteiger partial charge in [0.05, 0.1) is 18.8 Å². The van der Waals surface area contributed by atoms with E-state index in [1.165, 1.54) is 7.11 Å². The number of carbonyl (C=O) groups excluding carboxylic acids is 2. The Kier molecular flexibility index (Phi) is 8.31. The molecule has 2 atom stereocenters. The standard InChI is InChI=1S/C16H27N5O3.ClH/c1-5-10(2)13(16(23)24-4)18-15(22)14-11(3)21(20-19-14)12-6-8-17-9-7-12;/h10,12-13,17H,5-9H2,1-4H3,(H,18,22);1H/t10-,13-;/m0./s1. The average Bonchev–Trinajstić information content (AvgIpc) is 3.00. The number of halogens is 1. The molecule has 2 rings (SSSR count). The van der Waals surface area contributed by atoms with E-state index >= 15 is 0 Å².